The van der Waals surface area contributed by atoms with Gasteiger partial charge in [-0.3, -0.25) is 4.68 Å². The second kappa shape index (κ2) is 4.66. The molecule has 0 amide bonds. The van der Waals surface area contributed by atoms with E-state index in [1.165, 1.54) is 25.8 Å². The zero-order valence-electron chi connectivity index (χ0n) is 9.53. The molecule has 15 heavy (non-hydrogen) atoms. The minimum Gasteiger partial charge on any atom is -0.380 e. The number of aromatic nitrogens is 2. The van der Waals surface area contributed by atoms with Crippen LogP contribution in [0.2, 0.25) is 0 Å². The lowest BCUT2D eigenvalue weighted by atomic mass is 10.1. The van der Waals surface area contributed by atoms with Crippen LogP contribution in [0, 0.1) is 0 Å². The molecule has 4 nitrogen and oxygen atoms in total. The number of aryl methyl sites for hydroxylation is 1. The second-order valence-electron chi connectivity index (χ2n) is 4.48. The van der Waals surface area contributed by atoms with Crippen molar-refractivity contribution in [3.05, 3.63) is 12.4 Å². The first kappa shape index (κ1) is 10.5. The van der Waals surface area contributed by atoms with E-state index in [2.05, 4.69) is 22.7 Å². The Morgan fingerprint density at radius 3 is 3.20 bits per heavy atom. The predicted octanol–water partition coefficient (Wildman–Crippen LogP) is 1.36. The standard InChI is InChI=1S/C11H20N4/c1-9(6-10-4-3-5-12-10)14-11-7-13-15(2)8-11/h7-10,12,14H,3-6H2,1-2H3. The summed E-state index contributed by atoms with van der Waals surface area (Å²) >= 11 is 0. The van der Waals surface area contributed by atoms with E-state index in [4.69, 9.17) is 0 Å². The summed E-state index contributed by atoms with van der Waals surface area (Å²) in [4.78, 5) is 0. The van der Waals surface area contributed by atoms with E-state index >= 15 is 0 Å². The Balaban J connectivity index is 1.78. The number of hydrogen-bond donors (Lipinski definition) is 2. The molecule has 1 aromatic rings. The number of nitrogens with one attached hydrogen (secondary N) is 2. The molecular formula is C11H20N4. The van der Waals surface area contributed by atoms with Crippen LogP contribution in [0.15, 0.2) is 12.4 Å². The molecule has 84 valence electrons. The van der Waals surface area contributed by atoms with E-state index in [1.54, 1.807) is 0 Å². The summed E-state index contributed by atoms with van der Waals surface area (Å²) in [5, 5.41) is 11.1. The Hall–Kier alpha value is -1.03. The van der Waals surface area contributed by atoms with Crippen LogP contribution in [0.4, 0.5) is 5.69 Å². The van der Waals surface area contributed by atoms with E-state index in [0.717, 1.165) is 5.69 Å². The van der Waals surface area contributed by atoms with Gasteiger partial charge in [-0.2, -0.15) is 5.10 Å². The fourth-order valence-electron chi connectivity index (χ4n) is 2.22. The van der Waals surface area contributed by atoms with Gasteiger partial charge in [-0.15, -0.1) is 0 Å². The second-order valence-corrected chi connectivity index (χ2v) is 4.48. The first-order valence-electron chi connectivity index (χ1n) is 5.72. The van der Waals surface area contributed by atoms with E-state index < -0.39 is 0 Å². The molecule has 1 saturated heterocycles. The number of anilines is 1. The highest BCUT2D eigenvalue weighted by atomic mass is 15.3. The zero-order valence-corrected chi connectivity index (χ0v) is 9.53. The van der Waals surface area contributed by atoms with Gasteiger partial charge in [0.05, 0.1) is 11.9 Å². The molecule has 2 unspecified atom stereocenters. The van der Waals surface area contributed by atoms with Crippen molar-refractivity contribution >= 4 is 5.69 Å². The maximum absolute atomic E-state index is 4.14. The molecule has 0 aliphatic carbocycles. The zero-order chi connectivity index (χ0) is 10.7. The molecule has 1 fully saturated rings. The van der Waals surface area contributed by atoms with Crippen molar-refractivity contribution in [2.24, 2.45) is 7.05 Å². The van der Waals surface area contributed by atoms with Gasteiger partial charge in [-0.05, 0) is 32.7 Å². The van der Waals surface area contributed by atoms with Gasteiger partial charge in [0.25, 0.3) is 0 Å². The average Bonchev–Trinajstić information content (AvgIpc) is 2.77. The van der Waals surface area contributed by atoms with Crippen LogP contribution in [0.25, 0.3) is 0 Å². The molecule has 1 aliphatic heterocycles. The summed E-state index contributed by atoms with van der Waals surface area (Å²) in [6.07, 6.45) is 7.72. The minimum absolute atomic E-state index is 0.504. The smallest absolute Gasteiger partial charge is 0.0728 e. The number of nitrogens with zero attached hydrogens (tertiary/aromatic N) is 2. The molecule has 0 radical (unpaired) electrons. The summed E-state index contributed by atoms with van der Waals surface area (Å²) in [6, 6.07) is 1.20. The molecular weight excluding hydrogens is 188 g/mol. The van der Waals surface area contributed by atoms with Crippen molar-refractivity contribution in [2.75, 3.05) is 11.9 Å². The molecule has 0 bridgehead atoms. The average molecular weight is 208 g/mol. The number of hydrogen-bond acceptors (Lipinski definition) is 3. The summed E-state index contributed by atoms with van der Waals surface area (Å²) in [6.45, 7) is 3.41. The topological polar surface area (TPSA) is 41.9 Å². The Bertz CT molecular complexity index is 301. The normalized spacial score (nSPS) is 22.9. The fraction of sp³-hybridized carbons (Fsp3) is 0.727. The summed E-state index contributed by atoms with van der Waals surface area (Å²) in [5.41, 5.74) is 1.11. The van der Waals surface area contributed by atoms with Gasteiger partial charge in [-0.25, -0.2) is 0 Å². The highest BCUT2D eigenvalue weighted by Crippen LogP contribution is 2.14. The van der Waals surface area contributed by atoms with Gasteiger partial charge in [-0.1, -0.05) is 0 Å². The van der Waals surface area contributed by atoms with Crippen LogP contribution in [0.5, 0.6) is 0 Å². The minimum atomic E-state index is 0.504. The number of rotatable bonds is 4. The van der Waals surface area contributed by atoms with Gasteiger partial charge >= 0.3 is 0 Å². The lowest BCUT2D eigenvalue weighted by molar-refractivity contribution is 0.523. The van der Waals surface area contributed by atoms with Crippen LogP contribution in [0.3, 0.4) is 0 Å². The SMILES string of the molecule is CC(CC1CCCN1)Nc1cnn(C)c1. The molecule has 2 N–H and O–H groups in total. The molecule has 0 aromatic carbocycles. The largest absolute Gasteiger partial charge is 0.380 e. The molecule has 2 atom stereocenters. The summed E-state index contributed by atoms with van der Waals surface area (Å²) in [5.74, 6) is 0. The van der Waals surface area contributed by atoms with Gasteiger partial charge in [0.1, 0.15) is 0 Å². The van der Waals surface area contributed by atoms with Crippen LogP contribution >= 0.6 is 0 Å². The first-order valence-corrected chi connectivity index (χ1v) is 5.72. The summed E-state index contributed by atoms with van der Waals surface area (Å²) in [7, 11) is 1.94. The Morgan fingerprint density at radius 1 is 1.73 bits per heavy atom. The van der Waals surface area contributed by atoms with Crippen molar-refractivity contribution in [2.45, 2.75) is 38.3 Å². The van der Waals surface area contributed by atoms with Gasteiger partial charge in [0.15, 0.2) is 0 Å². The van der Waals surface area contributed by atoms with E-state index in [-0.39, 0.29) is 0 Å². The summed E-state index contributed by atoms with van der Waals surface area (Å²) < 4.78 is 1.82. The Morgan fingerprint density at radius 2 is 2.60 bits per heavy atom. The molecule has 2 rings (SSSR count). The van der Waals surface area contributed by atoms with Crippen LogP contribution < -0.4 is 10.6 Å². The lowest BCUT2D eigenvalue weighted by Gasteiger charge is -2.18. The Kier molecular flexibility index (Phi) is 3.26. The maximum atomic E-state index is 4.14. The van der Waals surface area contributed by atoms with E-state index in [0.29, 0.717) is 12.1 Å². The van der Waals surface area contributed by atoms with E-state index in [1.807, 2.05) is 24.1 Å². The van der Waals surface area contributed by atoms with Crippen molar-refractivity contribution in [3.8, 4) is 0 Å². The monoisotopic (exact) mass is 208 g/mol. The highest BCUT2D eigenvalue weighted by Gasteiger charge is 2.16. The molecule has 0 saturated carbocycles. The first-order chi connectivity index (χ1) is 7.24. The third-order valence-electron chi connectivity index (χ3n) is 2.92. The van der Waals surface area contributed by atoms with Gasteiger partial charge in [0, 0.05) is 25.3 Å². The molecule has 2 heterocycles. The quantitative estimate of drug-likeness (QED) is 0.785. The third kappa shape index (κ3) is 2.96. The molecule has 1 aromatic heterocycles. The van der Waals surface area contributed by atoms with Crippen molar-refractivity contribution in [1.29, 1.82) is 0 Å². The van der Waals surface area contributed by atoms with Gasteiger partial charge in [0.2, 0.25) is 0 Å². The third-order valence-corrected chi connectivity index (χ3v) is 2.92. The van der Waals surface area contributed by atoms with E-state index in [9.17, 15) is 0 Å². The molecule has 0 spiro atoms. The highest BCUT2D eigenvalue weighted by molar-refractivity contribution is 5.38. The molecule has 4 heteroatoms. The fourth-order valence-corrected chi connectivity index (χ4v) is 2.22. The van der Waals surface area contributed by atoms with Crippen molar-refractivity contribution < 1.29 is 0 Å². The van der Waals surface area contributed by atoms with Crippen molar-refractivity contribution in [1.82, 2.24) is 15.1 Å². The van der Waals surface area contributed by atoms with Crippen LogP contribution in [0.1, 0.15) is 26.2 Å². The Labute approximate surface area is 91.1 Å². The van der Waals surface area contributed by atoms with Crippen LogP contribution in [-0.4, -0.2) is 28.4 Å². The van der Waals surface area contributed by atoms with Gasteiger partial charge < -0.3 is 10.6 Å². The molecule has 1 aliphatic rings. The van der Waals surface area contributed by atoms with Crippen LogP contribution in [-0.2, 0) is 7.05 Å². The maximum Gasteiger partial charge on any atom is 0.0728 e. The lowest BCUT2D eigenvalue weighted by Crippen LogP contribution is -2.29. The van der Waals surface area contributed by atoms with Crippen molar-refractivity contribution in [3.63, 3.8) is 0 Å². The predicted molar refractivity (Wildman–Crippen MR) is 61.9 cm³/mol.